The Bertz CT molecular complexity index is 594. The number of nitrogens with one attached hydrogen (secondary N) is 1. The summed E-state index contributed by atoms with van der Waals surface area (Å²) < 4.78 is 52.4. The number of rotatable bonds is 5. The summed E-state index contributed by atoms with van der Waals surface area (Å²) in [6.07, 6.45) is 2.76. The van der Waals surface area contributed by atoms with Crippen molar-refractivity contribution in [3.8, 4) is 0 Å². The van der Waals surface area contributed by atoms with Gasteiger partial charge in [-0.2, -0.15) is 0 Å². The van der Waals surface area contributed by atoms with Gasteiger partial charge in [-0.15, -0.1) is 0 Å². The molecular weight excluding hydrogens is 310 g/mol. The summed E-state index contributed by atoms with van der Waals surface area (Å²) >= 11 is 0. The fourth-order valence-corrected chi connectivity index (χ4v) is 3.44. The molecule has 0 amide bonds. The first-order valence-corrected chi connectivity index (χ1v) is 9.29. The number of sulfonamides is 1. The maximum atomic E-state index is 13.8. The van der Waals surface area contributed by atoms with E-state index in [1.165, 1.54) is 18.2 Å². The van der Waals surface area contributed by atoms with Crippen molar-refractivity contribution in [3.05, 3.63) is 35.4 Å². The molecular formula is C15H22F2N2O2S. The predicted molar refractivity (Wildman–Crippen MR) is 81.9 cm³/mol. The van der Waals surface area contributed by atoms with Gasteiger partial charge in [0.2, 0.25) is 10.0 Å². The minimum Gasteiger partial charge on any atom is -0.296 e. The van der Waals surface area contributed by atoms with Crippen LogP contribution < -0.4 is 4.72 Å². The topological polar surface area (TPSA) is 49.4 Å². The van der Waals surface area contributed by atoms with Gasteiger partial charge < -0.3 is 0 Å². The Labute approximate surface area is 130 Å². The SMILES string of the molecule is CC(c1c(F)cccc1F)N1CCC(CNS(C)(=O)=O)CC1. The van der Waals surface area contributed by atoms with Crippen LogP contribution in [-0.4, -0.2) is 39.2 Å². The van der Waals surface area contributed by atoms with Crippen molar-refractivity contribution >= 4 is 10.0 Å². The predicted octanol–water partition coefficient (Wildman–Crippen LogP) is 2.29. The van der Waals surface area contributed by atoms with Gasteiger partial charge in [-0.05, 0) is 50.9 Å². The van der Waals surface area contributed by atoms with E-state index >= 15 is 0 Å². The van der Waals surface area contributed by atoms with Gasteiger partial charge in [-0.3, -0.25) is 4.90 Å². The van der Waals surface area contributed by atoms with Crippen molar-refractivity contribution in [2.75, 3.05) is 25.9 Å². The Morgan fingerprint density at radius 1 is 1.27 bits per heavy atom. The second-order valence-electron chi connectivity index (χ2n) is 5.91. The summed E-state index contributed by atoms with van der Waals surface area (Å²) in [5.41, 5.74) is 0.107. The van der Waals surface area contributed by atoms with Crippen molar-refractivity contribution in [1.82, 2.24) is 9.62 Å². The average Bonchev–Trinajstić information content (AvgIpc) is 2.44. The fraction of sp³-hybridized carbons (Fsp3) is 0.600. The van der Waals surface area contributed by atoms with Crippen molar-refractivity contribution < 1.29 is 17.2 Å². The van der Waals surface area contributed by atoms with E-state index in [1.807, 2.05) is 4.90 Å². The largest absolute Gasteiger partial charge is 0.296 e. The first kappa shape index (κ1) is 17.3. The lowest BCUT2D eigenvalue weighted by atomic mass is 9.94. The molecule has 7 heteroatoms. The molecule has 2 rings (SSSR count). The lowest BCUT2D eigenvalue weighted by Crippen LogP contribution is -2.39. The van der Waals surface area contributed by atoms with E-state index in [2.05, 4.69) is 4.72 Å². The zero-order chi connectivity index (χ0) is 16.3. The Morgan fingerprint density at radius 3 is 2.32 bits per heavy atom. The van der Waals surface area contributed by atoms with Crippen LogP contribution in [-0.2, 0) is 10.0 Å². The lowest BCUT2D eigenvalue weighted by molar-refractivity contribution is 0.138. The molecule has 0 bridgehead atoms. The van der Waals surface area contributed by atoms with Crippen LogP contribution in [0.3, 0.4) is 0 Å². The van der Waals surface area contributed by atoms with Gasteiger partial charge in [0, 0.05) is 18.2 Å². The number of hydrogen-bond acceptors (Lipinski definition) is 3. The zero-order valence-electron chi connectivity index (χ0n) is 12.9. The van der Waals surface area contributed by atoms with Crippen LogP contribution in [0.25, 0.3) is 0 Å². The molecule has 4 nitrogen and oxygen atoms in total. The van der Waals surface area contributed by atoms with E-state index in [0.29, 0.717) is 19.6 Å². The van der Waals surface area contributed by atoms with Crippen molar-refractivity contribution in [1.29, 1.82) is 0 Å². The van der Waals surface area contributed by atoms with Gasteiger partial charge in [0.25, 0.3) is 0 Å². The molecule has 1 aliphatic heterocycles. The number of hydrogen-bond donors (Lipinski definition) is 1. The van der Waals surface area contributed by atoms with Crippen LogP contribution in [0, 0.1) is 17.6 Å². The van der Waals surface area contributed by atoms with Gasteiger partial charge in [-0.25, -0.2) is 21.9 Å². The minimum atomic E-state index is -3.17. The van der Waals surface area contributed by atoms with E-state index in [1.54, 1.807) is 6.92 Å². The first-order valence-electron chi connectivity index (χ1n) is 7.40. The summed E-state index contributed by atoms with van der Waals surface area (Å²) in [6, 6.07) is 3.59. The van der Waals surface area contributed by atoms with Gasteiger partial charge in [0.15, 0.2) is 0 Å². The normalized spacial score (nSPS) is 19.3. The monoisotopic (exact) mass is 332 g/mol. The van der Waals surface area contributed by atoms with Crippen LogP contribution in [0.2, 0.25) is 0 Å². The third-order valence-corrected chi connectivity index (χ3v) is 4.94. The maximum Gasteiger partial charge on any atom is 0.208 e. The summed E-state index contributed by atoms with van der Waals surface area (Å²) in [6.45, 7) is 3.63. The van der Waals surface area contributed by atoms with Crippen LogP contribution in [0.15, 0.2) is 18.2 Å². The first-order chi connectivity index (χ1) is 10.3. The van der Waals surface area contributed by atoms with E-state index in [9.17, 15) is 17.2 Å². The molecule has 0 aliphatic carbocycles. The van der Waals surface area contributed by atoms with Crippen LogP contribution in [0.1, 0.15) is 31.4 Å². The molecule has 1 heterocycles. The van der Waals surface area contributed by atoms with E-state index in [0.717, 1.165) is 19.1 Å². The van der Waals surface area contributed by atoms with E-state index in [4.69, 9.17) is 0 Å². The molecule has 1 aromatic rings. The Balaban J connectivity index is 1.94. The minimum absolute atomic E-state index is 0.107. The van der Waals surface area contributed by atoms with Crippen LogP contribution in [0.4, 0.5) is 8.78 Å². The Hall–Kier alpha value is -1.05. The second kappa shape index (κ2) is 7.02. The molecule has 1 unspecified atom stereocenters. The molecule has 1 fully saturated rings. The average molecular weight is 332 g/mol. The number of likely N-dealkylation sites (tertiary alicyclic amines) is 1. The van der Waals surface area contributed by atoms with Crippen molar-refractivity contribution in [2.24, 2.45) is 5.92 Å². The van der Waals surface area contributed by atoms with E-state index < -0.39 is 21.7 Å². The molecule has 1 N–H and O–H groups in total. The second-order valence-corrected chi connectivity index (χ2v) is 7.74. The van der Waals surface area contributed by atoms with Crippen molar-refractivity contribution in [3.63, 3.8) is 0 Å². The molecule has 124 valence electrons. The third-order valence-electron chi connectivity index (χ3n) is 4.25. The third kappa shape index (κ3) is 4.47. The van der Waals surface area contributed by atoms with Crippen molar-refractivity contribution in [2.45, 2.75) is 25.8 Å². The number of halogens is 2. The standard InChI is InChI=1S/C15H22F2N2O2S/c1-11(15-13(16)4-3-5-14(15)17)19-8-6-12(7-9-19)10-18-22(2,20)21/h3-5,11-12,18H,6-10H2,1-2H3. The molecule has 1 saturated heterocycles. The van der Waals surface area contributed by atoms with Crippen LogP contribution >= 0.6 is 0 Å². The highest BCUT2D eigenvalue weighted by molar-refractivity contribution is 7.88. The molecule has 0 aromatic heterocycles. The molecule has 1 atom stereocenters. The maximum absolute atomic E-state index is 13.8. The Morgan fingerprint density at radius 2 is 1.82 bits per heavy atom. The lowest BCUT2D eigenvalue weighted by Gasteiger charge is -2.36. The summed E-state index contributed by atoms with van der Waals surface area (Å²) in [5.74, 6) is -0.773. The van der Waals surface area contributed by atoms with Gasteiger partial charge in [0.05, 0.1) is 6.26 Å². The van der Waals surface area contributed by atoms with E-state index in [-0.39, 0.29) is 17.5 Å². The molecule has 1 aromatic carbocycles. The summed E-state index contributed by atoms with van der Waals surface area (Å²) in [7, 11) is -3.17. The fourth-order valence-electron chi connectivity index (χ4n) is 2.91. The molecule has 22 heavy (non-hydrogen) atoms. The number of piperidine rings is 1. The molecule has 1 aliphatic rings. The molecule has 0 spiro atoms. The number of benzene rings is 1. The molecule has 0 radical (unpaired) electrons. The highest BCUT2D eigenvalue weighted by atomic mass is 32.2. The summed E-state index contributed by atoms with van der Waals surface area (Å²) in [4.78, 5) is 2.04. The number of nitrogens with zero attached hydrogens (tertiary/aromatic N) is 1. The van der Waals surface area contributed by atoms with Gasteiger partial charge >= 0.3 is 0 Å². The highest BCUT2D eigenvalue weighted by Crippen LogP contribution is 2.29. The highest BCUT2D eigenvalue weighted by Gasteiger charge is 2.27. The van der Waals surface area contributed by atoms with Crippen LogP contribution in [0.5, 0.6) is 0 Å². The smallest absolute Gasteiger partial charge is 0.208 e. The molecule has 0 saturated carbocycles. The van der Waals surface area contributed by atoms with Gasteiger partial charge in [-0.1, -0.05) is 6.07 Å². The summed E-state index contributed by atoms with van der Waals surface area (Å²) in [5, 5.41) is 0. The quantitative estimate of drug-likeness (QED) is 0.900. The zero-order valence-corrected chi connectivity index (χ0v) is 13.7. The Kier molecular flexibility index (Phi) is 5.52. The van der Waals surface area contributed by atoms with Gasteiger partial charge in [0.1, 0.15) is 11.6 Å².